The summed E-state index contributed by atoms with van der Waals surface area (Å²) in [5.74, 6) is -1.19. The van der Waals surface area contributed by atoms with E-state index in [9.17, 15) is 19.5 Å². The van der Waals surface area contributed by atoms with Gasteiger partial charge in [-0.1, -0.05) is 105 Å². The molecule has 39 heavy (non-hydrogen) atoms. The molecule has 0 saturated heterocycles. The molecule has 6 heteroatoms. The van der Waals surface area contributed by atoms with E-state index in [1.54, 1.807) is 0 Å². The molecule has 0 aromatic carbocycles. The Morgan fingerprint density at radius 3 is 1.85 bits per heavy atom. The van der Waals surface area contributed by atoms with Crippen LogP contribution in [-0.2, 0) is 14.4 Å². The average Bonchev–Trinajstić information content (AvgIpc) is 2.91. The lowest BCUT2D eigenvalue weighted by Gasteiger charge is -2.32. The SMILES string of the molecule is CCCCCCCC(C)(CCCCC)NCCCCCC(=O)NC(CCC(=O)C(C)(CC)CCCC)C(=O)O. The molecule has 0 aliphatic heterocycles. The number of amides is 1. The number of carboxylic acid groups (broad SMARTS) is 1. The number of unbranched alkanes of at least 4 members (excludes halogenated alkanes) is 9. The molecule has 0 radical (unpaired) electrons. The molecule has 0 rings (SSSR count). The molecule has 3 atom stereocenters. The third kappa shape index (κ3) is 17.8. The number of hydrogen-bond acceptors (Lipinski definition) is 4. The van der Waals surface area contributed by atoms with Crippen molar-refractivity contribution in [3.05, 3.63) is 0 Å². The number of nitrogens with one attached hydrogen (secondary N) is 2. The molecule has 3 N–H and O–H groups in total. The van der Waals surface area contributed by atoms with Gasteiger partial charge in [0.2, 0.25) is 5.91 Å². The summed E-state index contributed by atoms with van der Waals surface area (Å²) in [7, 11) is 0. The molecular formula is C33H64N2O4. The summed E-state index contributed by atoms with van der Waals surface area (Å²) in [6, 6.07) is -1.00. The highest BCUT2D eigenvalue weighted by molar-refractivity contribution is 5.86. The topological polar surface area (TPSA) is 95.5 Å². The quantitative estimate of drug-likeness (QED) is 0.0890. The van der Waals surface area contributed by atoms with Crippen molar-refractivity contribution in [3.8, 4) is 0 Å². The molecule has 0 aliphatic rings. The van der Waals surface area contributed by atoms with Crippen LogP contribution in [0.1, 0.15) is 170 Å². The van der Waals surface area contributed by atoms with Gasteiger partial charge in [-0.3, -0.25) is 9.59 Å². The lowest BCUT2D eigenvalue weighted by Crippen LogP contribution is -2.43. The molecule has 0 aromatic rings. The van der Waals surface area contributed by atoms with Gasteiger partial charge in [0.25, 0.3) is 0 Å². The van der Waals surface area contributed by atoms with Crippen LogP contribution in [-0.4, -0.2) is 40.9 Å². The van der Waals surface area contributed by atoms with E-state index in [0.717, 1.165) is 51.5 Å². The molecule has 6 nitrogen and oxygen atoms in total. The van der Waals surface area contributed by atoms with E-state index in [1.165, 1.54) is 64.2 Å². The molecular weight excluding hydrogens is 488 g/mol. The van der Waals surface area contributed by atoms with E-state index < -0.39 is 17.4 Å². The number of carboxylic acids is 1. The van der Waals surface area contributed by atoms with Gasteiger partial charge in [0.15, 0.2) is 0 Å². The molecule has 0 bridgehead atoms. The maximum atomic E-state index is 12.8. The normalized spacial score (nSPS) is 15.3. The van der Waals surface area contributed by atoms with Gasteiger partial charge in [0.05, 0.1) is 0 Å². The fourth-order valence-electron chi connectivity index (χ4n) is 5.34. The highest BCUT2D eigenvalue weighted by atomic mass is 16.4. The Morgan fingerprint density at radius 2 is 1.26 bits per heavy atom. The largest absolute Gasteiger partial charge is 0.480 e. The van der Waals surface area contributed by atoms with Crippen molar-refractivity contribution in [1.29, 1.82) is 0 Å². The van der Waals surface area contributed by atoms with E-state index >= 15 is 0 Å². The Hall–Kier alpha value is -1.43. The van der Waals surface area contributed by atoms with Gasteiger partial charge in [0.1, 0.15) is 11.8 Å². The van der Waals surface area contributed by atoms with Crippen molar-refractivity contribution in [3.63, 3.8) is 0 Å². The van der Waals surface area contributed by atoms with Crippen LogP contribution in [0.25, 0.3) is 0 Å². The average molecular weight is 553 g/mol. The standard InChI is InChI=1S/C33H64N2O4/c1-7-11-14-15-19-26-33(6,25-18-12-8-2)34-27-20-16-17-21-30(37)35-28(31(38)39)22-23-29(36)32(5,10-4)24-13-9-3/h28,34H,7-27H2,1-6H3,(H,35,37)(H,38,39). The Balaban J connectivity index is 4.46. The lowest BCUT2D eigenvalue weighted by atomic mass is 9.76. The zero-order valence-corrected chi connectivity index (χ0v) is 26.6. The Kier molecular flexibility index (Phi) is 21.5. The van der Waals surface area contributed by atoms with E-state index in [-0.39, 0.29) is 30.1 Å². The highest BCUT2D eigenvalue weighted by Crippen LogP contribution is 2.31. The van der Waals surface area contributed by atoms with Crippen LogP contribution in [0.3, 0.4) is 0 Å². The predicted octanol–water partition coefficient (Wildman–Crippen LogP) is 8.36. The lowest BCUT2D eigenvalue weighted by molar-refractivity contribution is -0.142. The van der Waals surface area contributed by atoms with Gasteiger partial charge in [-0.15, -0.1) is 0 Å². The summed E-state index contributed by atoms with van der Waals surface area (Å²) >= 11 is 0. The van der Waals surface area contributed by atoms with Crippen molar-refractivity contribution in [2.75, 3.05) is 6.54 Å². The van der Waals surface area contributed by atoms with Crippen LogP contribution in [0.15, 0.2) is 0 Å². The highest BCUT2D eigenvalue weighted by Gasteiger charge is 2.31. The summed E-state index contributed by atoms with van der Waals surface area (Å²) in [6.07, 6.45) is 19.7. The molecule has 0 aliphatic carbocycles. The summed E-state index contributed by atoms with van der Waals surface area (Å²) in [6.45, 7) is 13.9. The van der Waals surface area contributed by atoms with Crippen molar-refractivity contribution in [2.45, 2.75) is 182 Å². The second kappa shape index (κ2) is 22.3. The fourth-order valence-corrected chi connectivity index (χ4v) is 5.34. The number of carbonyl (C=O) groups excluding carboxylic acids is 2. The summed E-state index contributed by atoms with van der Waals surface area (Å²) in [5, 5.41) is 16.1. The zero-order chi connectivity index (χ0) is 29.6. The minimum absolute atomic E-state index is 0.106. The smallest absolute Gasteiger partial charge is 0.326 e. The number of hydrogen-bond donors (Lipinski definition) is 3. The predicted molar refractivity (Wildman–Crippen MR) is 164 cm³/mol. The third-order valence-corrected chi connectivity index (χ3v) is 8.63. The molecule has 0 saturated carbocycles. The molecule has 0 aromatic heterocycles. The first-order chi connectivity index (χ1) is 18.6. The van der Waals surface area contributed by atoms with E-state index in [2.05, 4.69) is 38.3 Å². The first-order valence-corrected chi connectivity index (χ1v) is 16.4. The van der Waals surface area contributed by atoms with Crippen LogP contribution in [0.5, 0.6) is 0 Å². The number of rotatable bonds is 27. The Labute approximate surface area is 241 Å². The van der Waals surface area contributed by atoms with Gasteiger partial charge in [0, 0.05) is 23.8 Å². The van der Waals surface area contributed by atoms with Gasteiger partial charge in [-0.25, -0.2) is 4.79 Å². The van der Waals surface area contributed by atoms with Crippen molar-refractivity contribution in [2.24, 2.45) is 5.41 Å². The zero-order valence-electron chi connectivity index (χ0n) is 26.6. The number of carbonyl (C=O) groups is 3. The first kappa shape index (κ1) is 37.6. The van der Waals surface area contributed by atoms with Crippen molar-refractivity contribution < 1.29 is 19.5 Å². The van der Waals surface area contributed by atoms with Crippen LogP contribution >= 0.6 is 0 Å². The van der Waals surface area contributed by atoms with Gasteiger partial charge >= 0.3 is 5.97 Å². The van der Waals surface area contributed by atoms with Gasteiger partial charge in [-0.05, 0) is 58.4 Å². The van der Waals surface area contributed by atoms with E-state index in [0.29, 0.717) is 6.42 Å². The third-order valence-electron chi connectivity index (χ3n) is 8.63. The summed E-state index contributed by atoms with van der Waals surface area (Å²) in [4.78, 5) is 37.0. The van der Waals surface area contributed by atoms with Crippen LogP contribution in [0, 0.1) is 5.41 Å². The molecule has 0 heterocycles. The van der Waals surface area contributed by atoms with Gasteiger partial charge in [-0.2, -0.15) is 0 Å². The second-order valence-corrected chi connectivity index (χ2v) is 12.4. The molecule has 1 amide bonds. The molecule has 3 unspecified atom stereocenters. The maximum absolute atomic E-state index is 12.8. The summed E-state index contributed by atoms with van der Waals surface area (Å²) in [5.41, 5.74) is -0.215. The van der Waals surface area contributed by atoms with Crippen LogP contribution in [0.4, 0.5) is 0 Å². The molecule has 0 spiro atoms. The summed E-state index contributed by atoms with van der Waals surface area (Å²) < 4.78 is 0. The van der Waals surface area contributed by atoms with Crippen molar-refractivity contribution >= 4 is 17.7 Å². The molecule has 230 valence electrons. The first-order valence-electron chi connectivity index (χ1n) is 16.4. The molecule has 0 fully saturated rings. The van der Waals surface area contributed by atoms with E-state index in [1.807, 2.05) is 13.8 Å². The van der Waals surface area contributed by atoms with Crippen molar-refractivity contribution in [1.82, 2.24) is 10.6 Å². The van der Waals surface area contributed by atoms with Crippen LogP contribution in [0.2, 0.25) is 0 Å². The number of Topliss-reactive ketones (excluding diaryl/α,β-unsaturated/α-hetero) is 1. The number of ketones is 1. The minimum atomic E-state index is -1.07. The van der Waals surface area contributed by atoms with E-state index in [4.69, 9.17) is 0 Å². The maximum Gasteiger partial charge on any atom is 0.326 e. The Morgan fingerprint density at radius 1 is 0.692 bits per heavy atom. The second-order valence-electron chi connectivity index (χ2n) is 12.4. The monoisotopic (exact) mass is 552 g/mol. The van der Waals surface area contributed by atoms with Crippen LogP contribution < -0.4 is 10.6 Å². The van der Waals surface area contributed by atoms with Gasteiger partial charge < -0.3 is 15.7 Å². The Bertz CT molecular complexity index is 668. The fraction of sp³-hybridized carbons (Fsp3) is 0.909. The minimum Gasteiger partial charge on any atom is -0.480 e. The number of aliphatic carboxylic acids is 1.